The van der Waals surface area contributed by atoms with Crippen LogP contribution in [0.3, 0.4) is 0 Å². The van der Waals surface area contributed by atoms with Crippen LogP contribution in [0.5, 0.6) is 0 Å². The molecule has 15 heavy (non-hydrogen) atoms. The van der Waals surface area contributed by atoms with Crippen LogP contribution in [0, 0.1) is 6.07 Å². The van der Waals surface area contributed by atoms with E-state index in [1.165, 1.54) is 0 Å². The van der Waals surface area contributed by atoms with Crippen molar-refractivity contribution in [2.75, 3.05) is 0 Å². The second kappa shape index (κ2) is 4.48. The maximum absolute atomic E-state index is 11.6. The van der Waals surface area contributed by atoms with E-state index in [4.69, 9.17) is 0 Å². The highest BCUT2D eigenvalue weighted by atomic mass is 31.2. The Kier molecular flexibility index (Phi) is 3.72. The van der Waals surface area contributed by atoms with E-state index in [1.807, 2.05) is 0 Å². The third-order valence-electron chi connectivity index (χ3n) is 2.98. The Balaban J connectivity index is 3.31. The Morgan fingerprint density at radius 2 is 1.73 bits per heavy atom. The van der Waals surface area contributed by atoms with Gasteiger partial charge < -0.3 is 9.79 Å². The minimum absolute atomic E-state index is 0.428. The molecule has 4 heteroatoms. The largest absolute Gasteiger partial charge is 0.335 e. The summed E-state index contributed by atoms with van der Waals surface area (Å²) in [4.78, 5) is 19.0. The number of benzene rings is 1. The molecule has 0 atom stereocenters. The Morgan fingerprint density at radius 3 is 2.07 bits per heavy atom. The summed E-state index contributed by atoms with van der Waals surface area (Å²) in [6, 6.07) is 9.68. The molecule has 83 valence electrons. The highest BCUT2D eigenvalue weighted by Crippen LogP contribution is 2.60. The molecule has 2 N–H and O–H groups in total. The van der Waals surface area contributed by atoms with Gasteiger partial charge in [0.1, 0.15) is 0 Å². The van der Waals surface area contributed by atoms with Crippen molar-refractivity contribution in [3.8, 4) is 0 Å². The summed E-state index contributed by atoms with van der Waals surface area (Å²) in [7, 11) is -4.14. The normalized spacial score (nSPS) is 12.8. The van der Waals surface area contributed by atoms with Crippen molar-refractivity contribution >= 4 is 7.60 Å². The predicted molar refractivity (Wildman–Crippen MR) is 59.6 cm³/mol. The first-order chi connectivity index (χ1) is 6.98. The minimum Gasteiger partial charge on any atom is -0.324 e. The van der Waals surface area contributed by atoms with Gasteiger partial charge in [-0.05, 0) is 24.5 Å². The number of hydrogen-bond donors (Lipinski definition) is 2. The molecule has 1 aromatic rings. The van der Waals surface area contributed by atoms with E-state index in [-0.39, 0.29) is 0 Å². The van der Waals surface area contributed by atoms with Crippen LogP contribution in [0.15, 0.2) is 24.3 Å². The molecule has 1 radical (unpaired) electrons. The maximum atomic E-state index is 11.6. The van der Waals surface area contributed by atoms with Gasteiger partial charge in [-0.3, -0.25) is 4.57 Å². The minimum atomic E-state index is -4.14. The monoisotopic (exact) mass is 227 g/mol. The highest BCUT2D eigenvalue weighted by molar-refractivity contribution is 7.53. The summed E-state index contributed by atoms with van der Waals surface area (Å²) in [6.07, 6.45) is 0.857. The summed E-state index contributed by atoms with van der Waals surface area (Å²) in [6.45, 7) is 3.61. The molecule has 3 nitrogen and oxygen atoms in total. The fourth-order valence-corrected chi connectivity index (χ4v) is 3.24. The lowest BCUT2D eigenvalue weighted by Gasteiger charge is -2.32. The van der Waals surface area contributed by atoms with Gasteiger partial charge in [0, 0.05) is 0 Å². The molecule has 0 aromatic heterocycles. The average Bonchev–Trinajstić information content (AvgIpc) is 2.20. The molecular formula is C11H16O3P. The van der Waals surface area contributed by atoms with Crippen LogP contribution in [-0.4, -0.2) is 9.79 Å². The highest BCUT2D eigenvalue weighted by Gasteiger charge is 2.44. The van der Waals surface area contributed by atoms with Crippen LogP contribution in [-0.2, 0) is 9.72 Å². The smallest absolute Gasteiger partial charge is 0.324 e. The van der Waals surface area contributed by atoms with Crippen LogP contribution in [0.2, 0.25) is 0 Å². The first-order valence-corrected chi connectivity index (χ1v) is 6.61. The SMILES string of the molecule is CCC(CC)(c1cc[c]cc1)P(=O)(O)O. The van der Waals surface area contributed by atoms with Crippen LogP contribution in [0.25, 0.3) is 0 Å². The Labute approximate surface area is 90.3 Å². The number of hydrogen-bond acceptors (Lipinski definition) is 1. The van der Waals surface area contributed by atoms with Crippen molar-refractivity contribution in [1.82, 2.24) is 0 Å². The average molecular weight is 227 g/mol. The van der Waals surface area contributed by atoms with Crippen LogP contribution in [0.4, 0.5) is 0 Å². The van der Waals surface area contributed by atoms with E-state index in [0.29, 0.717) is 18.4 Å². The topological polar surface area (TPSA) is 57.5 Å². The molecule has 0 aliphatic heterocycles. The third kappa shape index (κ3) is 2.15. The zero-order valence-electron chi connectivity index (χ0n) is 8.97. The fourth-order valence-electron chi connectivity index (χ4n) is 1.94. The van der Waals surface area contributed by atoms with Crippen molar-refractivity contribution in [1.29, 1.82) is 0 Å². The van der Waals surface area contributed by atoms with Gasteiger partial charge in [0.25, 0.3) is 0 Å². The van der Waals surface area contributed by atoms with E-state index >= 15 is 0 Å². The molecule has 0 spiro atoms. The van der Waals surface area contributed by atoms with Crippen molar-refractivity contribution in [2.45, 2.75) is 31.8 Å². The predicted octanol–water partition coefficient (Wildman–Crippen LogP) is 2.68. The van der Waals surface area contributed by atoms with Crippen LogP contribution < -0.4 is 0 Å². The molecule has 1 rings (SSSR count). The van der Waals surface area contributed by atoms with Gasteiger partial charge in [-0.15, -0.1) is 0 Å². The Hall–Kier alpha value is -0.630. The van der Waals surface area contributed by atoms with Gasteiger partial charge in [-0.25, -0.2) is 0 Å². The van der Waals surface area contributed by atoms with Gasteiger partial charge in [-0.1, -0.05) is 38.1 Å². The van der Waals surface area contributed by atoms with Crippen molar-refractivity contribution < 1.29 is 14.4 Å². The van der Waals surface area contributed by atoms with E-state index in [9.17, 15) is 14.4 Å². The Bertz CT molecular complexity index is 351. The van der Waals surface area contributed by atoms with E-state index in [2.05, 4.69) is 6.07 Å². The Morgan fingerprint density at radius 1 is 1.27 bits per heavy atom. The van der Waals surface area contributed by atoms with Gasteiger partial charge in [0.2, 0.25) is 0 Å². The summed E-state index contributed by atoms with van der Waals surface area (Å²) < 4.78 is 11.6. The zero-order chi connectivity index (χ0) is 11.5. The lowest BCUT2D eigenvalue weighted by molar-refractivity contribution is 0.315. The van der Waals surface area contributed by atoms with Crippen LogP contribution >= 0.6 is 7.60 Å². The quantitative estimate of drug-likeness (QED) is 0.777. The van der Waals surface area contributed by atoms with Crippen LogP contribution in [0.1, 0.15) is 32.3 Å². The summed E-state index contributed by atoms with van der Waals surface area (Å²) in [5, 5.41) is -1.04. The molecule has 0 heterocycles. The van der Waals surface area contributed by atoms with E-state index in [0.717, 1.165) is 0 Å². The van der Waals surface area contributed by atoms with Gasteiger partial charge in [0.05, 0.1) is 5.16 Å². The molecule has 0 amide bonds. The first-order valence-electron chi connectivity index (χ1n) is 5.00. The summed E-state index contributed by atoms with van der Waals surface area (Å²) in [5.41, 5.74) is 0.694. The molecule has 0 saturated heterocycles. The molecule has 1 aromatic carbocycles. The first kappa shape index (κ1) is 12.4. The number of rotatable bonds is 4. The van der Waals surface area contributed by atoms with Gasteiger partial charge in [0.15, 0.2) is 0 Å². The lowest BCUT2D eigenvalue weighted by Crippen LogP contribution is -2.24. The second-order valence-corrected chi connectivity index (χ2v) is 5.52. The zero-order valence-corrected chi connectivity index (χ0v) is 9.87. The fraction of sp³-hybridized carbons (Fsp3) is 0.455. The molecule has 0 aliphatic rings. The van der Waals surface area contributed by atoms with Gasteiger partial charge in [-0.2, -0.15) is 0 Å². The van der Waals surface area contributed by atoms with Crippen molar-refractivity contribution in [3.63, 3.8) is 0 Å². The van der Waals surface area contributed by atoms with E-state index in [1.54, 1.807) is 38.1 Å². The maximum Gasteiger partial charge on any atom is 0.335 e. The van der Waals surface area contributed by atoms with E-state index < -0.39 is 12.8 Å². The molecule has 0 fully saturated rings. The van der Waals surface area contributed by atoms with Gasteiger partial charge >= 0.3 is 7.60 Å². The van der Waals surface area contributed by atoms with Crippen molar-refractivity contribution in [3.05, 3.63) is 35.9 Å². The third-order valence-corrected chi connectivity index (χ3v) is 4.99. The van der Waals surface area contributed by atoms with Crippen molar-refractivity contribution in [2.24, 2.45) is 0 Å². The molecule has 0 unspecified atom stereocenters. The molecule has 0 saturated carbocycles. The lowest BCUT2D eigenvalue weighted by atomic mass is 9.93. The molecule has 0 bridgehead atoms. The molecule has 0 aliphatic carbocycles. The molecular weight excluding hydrogens is 211 g/mol. The second-order valence-electron chi connectivity index (χ2n) is 3.57. The summed E-state index contributed by atoms with van der Waals surface area (Å²) in [5.74, 6) is 0. The standard InChI is InChI=1S/C11H16O3P/c1-3-11(4-2,15(12,13)14)10-8-6-5-7-9-10/h6-9H,3-4H2,1-2H3,(H2,12,13,14). The summed E-state index contributed by atoms with van der Waals surface area (Å²) >= 11 is 0.